The Labute approximate surface area is 285 Å². The highest BCUT2D eigenvalue weighted by Crippen LogP contribution is 2.68. The van der Waals surface area contributed by atoms with Crippen LogP contribution in [0.15, 0.2) is 84.0 Å². The van der Waals surface area contributed by atoms with Crippen molar-refractivity contribution in [2.24, 2.45) is 17.8 Å². The van der Waals surface area contributed by atoms with Crippen molar-refractivity contribution >= 4 is 17.7 Å². The van der Waals surface area contributed by atoms with Crippen LogP contribution < -0.4 is 9.47 Å². The smallest absolute Gasteiger partial charge is 0.310 e. The molecule has 2 saturated heterocycles. The molecular weight excluding hydrogens is 628 g/mol. The van der Waals surface area contributed by atoms with E-state index in [0.717, 1.165) is 11.1 Å². The molecule has 1 saturated carbocycles. The lowest BCUT2D eigenvalue weighted by Crippen LogP contribution is -2.70. The Bertz CT molecular complexity index is 1800. The first-order valence-electron chi connectivity index (χ1n) is 16.7. The van der Waals surface area contributed by atoms with Crippen molar-refractivity contribution in [3.05, 3.63) is 95.1 Å². The lowest BCUT2D eigenvalue weighted by Gasteiger charge is -2.59. The summed E-state index contributed by atoms with van der Waals surface area (Å²) in [5.74, 6) is -3.62. The minimum atomic E-state index is -1.82. The van der Waals surface area contributed by atoms with Crippen LogP contribution in [0.4, 0.5) is 0 Å². The summed E-state index contributed by atoms with van der Waals surface area (Å²) >= 11 is 0. The van der Waals surface area contributed by atoms with Gasteiger partial charge in [0.1, 0.15) is 23.9 Å². The lowest BCUT2D eigenvalue weighted by molar-refractivity contribution is -0.421. The number of methoxy groups -OCH3 is 1. The Morgan fingerprint density at radius 3 is 2.49 bits per heavy atom. The van der Waals surface area contributed by atoms with E-state index in [1.54, 1.807) is 25.1 Å². The molecule has 0 aromatic heterocycles. The minimum Gasteiger partial charge on any atom is -0.493 e. The van der Waals surface area contributed by atoms with E-state index in [4.69, 9.17) is 28.4 Å². The molecule has 0 spiro atoms. The summed E-state index contributed by atoms with van der Waals surface area (Å²) in [5, 5.41) is 12.4. The number of hydrogen-bond donors (Lipinski definition) is 1. The monoisotopic (exact) mass is 670 g/mol. The summed E-state index contributed by atoms with van der Waals surface area (Å²) in [6.07, 6.45) is 4.04. The van der Waals surface area contributed by atoms with E-state index < -0.39 is 52.7 Å². The van der Waals surface area contributed by atoms with Gasteiger partial charge < -0.3 is 33.5 Å². The molecule has 258 valence electrons. The van der Waals surface area contributed by atoms with Crippen molar-refractivity contribution in [1.29, 1.82) is 0 Å². The molecular formula is C39H42O10. The van der Waals surface area contributed by atoms with Crippen molar-refractivity contribution < 1.29 is 47.9 Å². The summed E-state index contributed by atoms with van der Waals surface area (Å²) in [7, 11) is 1.44. The molecule has 2 aliphatic heterocycles. The predicted octanol–water partition coefficient (Wildman–Crippen LogP) is 4.96. The van der Waals surface area contributed by atoms with Gasteiger partial charge in [-0.3, -0.25) is 14.4 Å². The van der Waals surface area contributed by atoms with E-state index in [2.05, 4.69) is 13.5 Å². The zero-order valence-corrected chi connectivity index (χ0v) is 28.4. The number of Topliss-reactive ketones (excluding diaryl/α,β-unsaturated/α-hetero) is 1. The zero-order valence-electron chi connectivity index (χ0n) is 28.4. The Kier molecular flexibility index (Phi) is 8.02. The third kappa shape index (κ3) is 5.19. The maximum absolute atomic E-state index is 13.8. The first-order chi connectivity index (χ1) is 23.2. The van der Waals surface area contributed by atoms with Gasteiger partial charge in [0.25, 0.3) is 5.97 Å². The van der Waals surface area contributed by atoms with Gasteiger partial charge in [-0.2, -0.15) is 0 Å². The van der Waals surface area contributed by atoms with Crippen LogP contribution in [-0.4, -0.2) is 65.4 Å². The number of carbonyl (C=O) groups is 3. The topological polar surface area (TPSA) is 127 Å². The molecule has 2 unspecified atom stereocenters. The van der Waals surface area contributed by atoms with Crippen LogP contribution in [0, 0.1) is 17.8 Å². The number of rotatable bonds is 9. The molecule has 0 radical (unpaired) electrons. The zero-order chi connectivity index (χ0) is 34.9. The molecule has 10 heteroatoms. The van der Waals surface area contributed by atoms with Crippen LogP contribution in [-0.2, 0) is 46.2 Å². The normalized spacial score (nSPS) is 35.4. The molecule has 0 amide bonds. The number of fused-ring (bicyclic) bond motifs is 2. The highest BCUT2D eigenvalue weighted by Gasteiger charge is 2.79. The second-order valence-corrected chi connectivity index (χ2v) is 14.2. The first-order valence-corrected chi connectivity index (χ1v) is 16.7. The van der Waals surface area contributed by atoms with Crippen molar-refractivity contribution in [2.45, 2.75) is 82.3 Å². The number of carbonyl (C=O) groups excluding carboxylic acids is 3. The van der Waals surface area contributed by atoms with Crippen molar-refractivity contribution in [2.75, 3.05) is 13.7 Å². The standard InChI is InChI=1S/C39H42O10/c1-22(2)37-18-24(4)39-29(35(37)47-38(48-37,49-39)20-26-10-8-7-9-11-26)15-28(19-36(43)32(39)14-23(3)34(36)42)21-45-33(41)17-27-12-13-30(46-25(5)40)31(16-27)44-6/h7-16,24,29,32,35,43H,1,17-21H2,2-6H3/t24?,29-,32+,35+,36+,37+,38-,39?/m0/s1. The molecule has 3 aliphatic carbocycles. The van der Waals surface area contributed by atoms with Gasteiger partial charge in [0.15, 0.2) is 17.3 Å². The fourth-order valence-corrected chi connectivity index (χ4v) is 8.94. The summed E-state index contributed by atoms with van der Waals surface area (Å²) < 4.78 is 37.2. The second-order valence-electron chi connectivity index (χ2n) is 14.2. The van der Waals surface area contributed by atoms with E-state index >= 15 is 0 Å². The molecule has 7 rings (SSSR count). The number of aliphatic hydroxyl groups is 1. The highest BCUT2D eigenvalue weighted by atomic mass is 16.9. The Hall–Kier alpha value is -4.09. The number of esters is 2. The molecule has 49 heavy (non-hydrogen) atoms. The summed E-state index contributed by atoms with van der Waals surface area (Å²) in [4.78, 5) is 38.5. The fraction of sp³-hybridized carbons (Fsp3) is 0.462. The van der Waals surface area contributed by atoms with Crippen LogP contribution in [0.1, 0.15) is 51.7 Å². The average molecular weight is 671 g/mol. The lowest BCUT2D eigenvalue weighted by atomic mass is 9.55. The molecule has 2 heterocycles. The van der Waals surface area contributed by atoms with Gasteiger partial charge >= 0.3 is 11.9 Å². The molecule has 1 N–H and O–H groups in total. The molecule has 2 aromatic carbocycles. The van der Waals surface area contributed by atoms with E-state index in [1.807, 2.05) is 49.4 Å². The Morgan fingerprint density at radius 1 is 1.04 bits per heavy atom. The third-order valence-corrected chi connectivity index (χ3v) is 11.0. The van der Waals surface area contributed by atoms with Crippen LogP contribution in [0.25, 0.3) is 0 Å². The van der Waals surface area contributed by atoms with Gasteiger partial charge in [0, 0.05) is 25.2 Å². The van der Waals surface area contributed by atoms with Crippen LogP contribution in [0.3, 0.4) is 0 Å². The van der Waals surface area contributed by atoms with Crippen LogP contribution in [0.2, 0.25) is 0 Å². The number of ether oxygens (including phenoxy) is 6. The maximum atomic E-state index is 13.8. The molecule has 10 nitrogen and oxygen atoms in total. The van der Waals surface area contributed by atoms with Gasteiger partial charge in [0.05, 0.1) is 25.6 Å². The predicted molar refractivity (Wildman–Crippen MR) is 176 cm³/mol. The Balaban J connectivity index is 1.23. The minimum absolute atomic E-state index is 0.0316. The second kappa shape index (κ2) is 11.8. The van der Waals surface area contributed by atoms with Gasteiger partial charge in [-0.25, -0.2) is 0 Å². The summed E-state index contributed by atoms with van der Waals surface area (Å²) in [5.41, 5.74) is -0.345. The van der Waals surface area contributed by atoms with E-state index in [9.17, 15) is 19.5 Å². The van der Waals surface area contributed by atoms with Gasteiger partial charge in [-0.15, -0.1) is 0 Å². The maximum Gasteiger partial charge on any atom is 0.310 e. The van der Waals surface area contributed by atoms with E-state index in [-0.39, 0.29) is 36.9 Å². The fourth-order valence-electron chi connectivity index (χ4n) is 8.94. The van der Waals surface area contributed by atoms with Crippen molar-refractivity contribution in [3.63, 3.8) is 0 Å². The Morgan fingerprint density at radius 2 is 1.80 bits per heavy atom. The molecule has 3 bridgehead atoms. The van der Waals surface area contributed by atoms with E-state index in [1.165, 1.54) is 14.0 Å². The largest absolute Gasteiger partial charge is 0.493 e. The number of hydrogen-bond acceptors (Lipinski definition) is 10. The molecule has 5 aliphatic rings. The summed E-state index contributed by atoms with van der Waals surface area (Å²) in [6.45, 7) is 11.2. The summed E-state index contributed by atoms with van der Waals surface area (Å²) in [6, 6.07) is 14.7. The van der Waals surface area contributed by atoms with Crippen LogP contribution in [0.5, 0.6) is 11.5 Å². The van der Waals surface area contributed by atoms with Crippen molar-refractivity contribution in [3.8, 4) is 11.5 Å². The average Bonchev–Trinajstić information content (AvgIpc) is 3.36. The van der Waals surface area contributed by atoms with Crippen LogP contribution >= 0.6 is 0 Å². The highest BCUT2D eigenvalue weighted by molar-refractivity contribution is 6.04. The van der Waals surface area contributed by atoms with E-state index in [0.29, 0.717) is 35.3 Å². The third-order valence-electron chi connectivity index (χ3n) is 11.0. The SMILES string of the molecule is C=C(C)[C@]12CC(C)C34O[C@@](Cc5ccccc5)(O[C@@H]1[C@@H]3C=C(COC(=O)Cc1ccc(OC(C)=O)c(OC)c1)C[C@]1(O)C(=O)C(C)=C[C@@H]41)O2. The molecule has 2 aromatic rings. The molecule has 8 atom stereocenters. The first kappa shape index (κ1) is 33.4. The van der Waals surface area contributed by atoms with Gasteiger partial charge in [0.2, 0.25) is 0 Å². The quantitative estimate of drug-likeness (QED) is 0.222. The van der Waals surface area contributed by atoms with Gasteiger partial charge in [-0.05, 0) is 66.2 Å². The number of benzene rings is 2. The van der Waals surface area contributed by atoms with Gasteiger partial charge in [-0.1, -0.05) is 62.1 Å². The number of ketones is 1. The molecule has 3 fully saturated rings. The van der Waals surface area contributed by atoms with Crippen molar-refractivity contribution in [1.82, 2.24) is 0 Å².